The molecule has 0 spiro atoms. The van der Waals surface area contributed by atoms with E-state index in [4.69, 9.17) is 12.6 Å². The number of carbonyl (C=O) groups excluding carboxylic acids is 1. The highest BCUT2D eigenvalue weighted by molar-refractivity contribution is 6.10. The lowest BCUT2D eigenvalue weighted by Gasteiger charge is -2.22. The van der Waals surface area contributed by atoms with Gasteiger partial charge in [-0.1, -0.05) is 42.3 Å². The van der Waals surface area contributed by atoms with Crippen molar-refractivity contribution >= 4 is 25.1 Å². The predicted octanol–water partition coefficient (Wildman–Crippen LogP) is 3.63. The average molecular weight is 365 g/mol. The number of fused-ring (bicyclic) bond motifs is 1. The van der Waals surface area contributed by atoms with Gasteiger partial charge in [0.1, 0.15) is 5.75 Å². The summed E-state index contributed by atoms with van der Waals surface area (Å²) < 4.78 is 5.22. The van der Waals surface area contributed by atoms with E-state index in [-0.39, 0.29) is 17.3 Å². The summed E-state index contributed by atoms with van der Waals surface area (Å²) in [6, 6.07) is 3.19. The minimum Gasteiger partial charge on any atom is -0.494 e. The number of ether oxygens (including phenoxy) is 1. The van der Waals surface area contributed by atoms with Gasteiger partial charge in [0.2, 0.25) is 0 Å². The normalized spacial score (nSPS) is 15.3. The number of benzene rings is 1. The summed E-state index contributed by atoms with van der Waals surface area (Å²) in [6.45, 7) is 7.30. The molecular formula is C20H24BN3O3. The highest BCUT2D eigenvalue weighted by Crippen LogP contribution is 2.36. The van der Waals surface area contributed by atoms with E-state index in [1.54, 1.807) is 23.1 Å². The number of likely N-dealkylation sites (N-methyl/N-ethyl adjacent to an activating group) is 1. The molecule has 140 valence electrons. The summed E-state index contributed by atoms with van der Waals surface area (Å²) in [7, 11) is 9.18. The second-order valence-electron chi connectivity index (χ2n) is 6.39. The molecule has 0 aliphatic carbocycles. The molecule has 0 saturated heterocycles. The molecule has 7 heteroatoms. The smallest absolute Gasteiger partial charge is 0.256 e. The van der Waals surface area contributed by atoms with Crippen molar-refractivity contribution in [3.63, 3.8) is 0 Å². The number of nitroso groups, excluding NO2 is 1. The van der Waals surface area contributed by atoms with Crippen LogP contribution in [0.3, 0.4) is 0 Å². The Bertz CT molecular complexity index is 802. The third kappa shape index (κ3) is 4.48. The fourth-order valence-electron chi connectivity index (χ4n) is 3.05. The molecule has 6 nitrogen and oxygen atoms in total. The van der Waals surface area contributed by atoms with Crippen LogP contribution in [0.25, 0.3) is 0 Å². The summed E-state index contributed by atoms with van der Waals surface area (Å²) >= 11 is 0. The molecule has 2 rings (SSSR count). The minimum atomic E-state index is -0.117. The Balaban J connectivity index is 2.42. The maximum atomic E-state index is 13.2. The maximum absolute atomic E-state index is 13.2. The number of hydrogen-bond acceptors (Lipinski definition) is 5. The van der Waals surface area contributed by atoms with Crippen LogP contribution in [0.2, 0.25) is 6.32 Å². The van der Waals surface area contributed by atoms with Gasteiger partial charge in [0.15, 0.2) is 5.69 Å². The molecule has 2 radical (unpaired) electrons. The number of methoxy groups -OCH3 is 1. The van der Waals surface area contributed by atoms with Crippen LogP contribution in [-0.4, -0.2) is 52.4 Å². The van der Waals surface area contributed by atoms with Crippen LogP contribution in [-0.2, 0) is 0 Å². The van der Waals surface area contributed by atoms with Crippen molar-refractivity contribution in [1.29, 1.82) is 0 Å². The second kappa shape index (κ2) is 9.21. The van der Waals surface area contributed by atoms with Crippen molar-refractivity contribution < 1.29 is 9.53 Å². The first-order chi connectivity index (χ1) is 13.0. The summed E-state index contributed by atoms with van der Waals surface area (Å²) in [5, 5.41) is 3.01. The first-order valence-corrected chi connectivity index (χ1v) is 8.70. The monoisotopic (exact) mass is 365 g/mol. The zero-order valence-corrected chi connectivity index (χ0v) is 16.1. The lowest BCUT2D eigenvalue weighted by atomic mass is 9.92. The number of hydrogen-bond donors (Lipinski definition) is 0. The van der Waals surface area contributed by atoms with Crippen molar-refractivity contribution in [2.45, 2.75) is 13.2 Å². The fraction of sp³-hybridized carbons (Fsp3) is 0.350. The van der Waals surface area contributed by atoms with Gasteiger partial charge in [-0.3, -0.25) is 4.79 Å². The molecule has 0 fully saturated rings. The largest absolute Gasteiger partial charge is 0.494 e. The number of nitrogens with zero attached hydrogens (tertiary/aromatic N) is 3. The lowest BCUT2D eigenvalue weighted by molar-refractivity contribution is 0.0780. The SMILES string of the molecule is [B]CC(/C=C\C=C)=C(/C)CN1CCN(C)c2cc(N=O)c(OC)cc2C1=O. The number of allylic oxidation sites excluding steroid dienone is 4. The molecule has 1 aromatic rings. The molecule has 1 amide bonds. The summed E-state index contributed by atoms with van der Waals surface area (Å²) in [5.41, 5.74) is 3.33. The zero-order valence-electron chi connectivity index (χ0n) is 16.1. The molecule has 1 aliphatic heterocycles. The van der Waals surface area contributed by atoms with E-state index in [1.807, 2.05) is 31.0 Å². The highest BCUT2D eigenvalue weighted by atomic mass is 16.5. The van der Waals surface area contributed by atoms with E-state index in [1.165, 1.54) is 7.11 Å². The van der Waals surface area contributed by atoms with E-state index in [9.17, 15) is 9.70 Å². The molecule has 1 heterocycles. The molecule has 0 saturated carbocycles. The van der Waals surface area contributed by atoms with Crippen LogP contribution in [0.1, 0.15) is 17.3 Å². The predicted molar refractivity (Wildman–Crippen MR) is 110 cm³/mol. The highest BCUT2D eigenvalue weighted by Gasteiger charge is 2.27. The van der Waals surface area contributed by atoms with Gasteiger partial charge in [0, 0.05) is 26.7 Å². The number of anilines is 1. The van der Waals surface area contributed by atoms with Gasteiger partial charge in [0.05, 0.1) is 26.2 Å². The number of carbonyl (C=O) groups is 1. The molecule has 1 aromatic carbocycles. The molecule has 0 atom stereocenters. The van der Waals surface area contributed by atoms with Crippen LogP contribution in [0, 0.1) is 4.91 Å². The number of amides is 1. The van der Waals surface area contributed by atoms with Gasteiger partial charge in [-0.25, -0.2) is 0 Å². The standard InChI is InChI=1S/C20H24BN3O3/c1-5-6-7-15(12-21)14(2)13-24-9-8-23(3)18-11-17(22-26)19(27-4)10-16(18)20(24)25/h5-7,10-11H,1,8-9,12-13H2,2-4H3/b7-6-,15-14-. The average Bonchev–Trinajstić information content (AvgIpc) is 2.79. The third-order valence-electron chi connectivity index (χ3n) is 4.66. The molecule has 0 bridgehead atoms. The second-order valence-corrected chi connectivity index (χ2v) is 6.39. The van der Waals surface area contributed by atoms with E-state index in [0.717, 1.165) is 11.1 Å². The van der Waals surface area contributed by atoms with Crippen molar-refractivity contribution in [2.75, 3.05) is 38.7 Å². The quantitative estimate of drug-likeness (QED) is 0.421. The molecule has 1 aliphatic rings. The van der Waals surface area contributed by atoms with Gasteiger partial charge in [0.25, 0.3) is 5.91 Å². The third-order valence-corrected chi connectivity index (χ3v) is 4.66. The minimum absolute atomic E-state index is 0.117. The van der Waals surface area contributed by atoms with E-state index < -0.39 is 0 Å². The van der Waals surface area contributed by atoms with Crippen LogP contribution in [0.5, 0.6) is 5.75 Å². The van der Waals surface area contributed by atoms with Gasteiger partial charge in [-0.15, -0.1) is 4.91 Å². The Labute approximate surface area is 161 Å². The van der Waals surface area contributed by atoms with Crippen molar-refractivity contribution in [2.24, 2.45) is 5.18 Å². The van der Waals surface area contributed by atoms with Gasteiger partial charge in [-0.05, 0) is 24.2 Å². The van der Waals surface area contributed by atoms with E-state index in [0.29, 0.717) is 37.2 Å². The van der Waals surface area contributed by atoms with E-state index >= 15 is 0 Å². The zero-order chi connectivity index (χ0) is 20.0. The Kier molecular flexibility index (Phi) is 6.99. The Morgan fingerprint density at radius 2 is 2.15 bits per heavy atom. The summed E-state index contributed by atoms with van der Waals surface area (Å²) in [6.07, 6.45) is 5.82. The van der Waals surface area contributed by atoms with Crippen LogP contribution >= 0.6 is 0 Å². The van der Waals surface area contributed by atoms with Crippen molar-refractivity contribution in [3.8, 4) is 5.75 Å². The van der Waals surface area contributed by atoms with Gasteiger partial charge in [-0.2, -0.15) is 0 Å². The molecule has 27 heavy (non-hydrogen) atoms. The topological polar surface area (TPSA) is 62.2 Å². The fourth-order valence-corrected chi connectivity index (χ4v) is 3.05. The molecule has 0 N–H and O–H groups in total. The van der Waals surface area contributed by atoms with Crippen LogP contribution in [0.4, 0.5) is 11.4 Å². The molecule has 0 aromatic heterocycles. The van der Waals surface area contributed by atoms with Gasteiger partial charge < -0.3 is 14.5 Å². The van der Waals surface area contributed by atoms with E-state index in [2.05, 4.69) is 11.8 Å². The first kappa shape index (κ1) is 20.5. The van der Waals surface area contributed by atoms with Crippen LogP contribution < -0.4 is 9.64 Å². The molecular weight excluding hydrogens is 341 g/mol. The Morgan fingerprint density at radius 3 is 2.74 bits per heavy atom. The summed E-state index contributed by atoms with van der Waals surface area (Å²) in [4.78, 5) is 28.0. The van der Waals surface area contributed by atoms with Crippen LogP contribution in [0.15, 0.2) is 53.3 Å². The Morgan fingerprint density at radius 1 is 1.41 bits per heavy atom. The maximum Gasteiger partial charge on any atom is 0.256 e. The van der Waals surface area contributed by atoms with Crippen molar-refractivity contribution in [1.82, 2.24) is 4.90 Å². The number of rotatable bonds is 7. The Hall–Kier alpha value is -2.83. The van der Waals surface area contributed by atoms with Gasteiger partial charge >= 0.3 is 0 Å². The summed E-state index contributed by atoms with van der Waals surface area (Å²) in [5.74, 6) is 0.171. The lowest BCUT2D eigenvalue weighted by Crippen LogP contribution is -2.35. The molecule has 0 unspecified atom stereocenters. The first-order valence-electron chi connectivity index (χ1n) is 8.70. The van der Waals surface area contributed by atoms with Crippen molar-refractivity contribution in [3.05, 3.63) is 58.6 Å².